The Labute approximate surface area is 121 Å². The molecule has 1 aliphatic rings. The van der Waals surface area contributed by atoms with Crippen LogP contribution in [0.25, 0.3) is 0 Å². The zero-order valence-electron chi connectivity index (χ0n) is 11.1. The van der Waals surface area contributed by atoms with Gasteiger partial charge in [0.05, 0.1) is 0 Å². The summed E-state index contributed by atoms with van der Waals surface area (Å²) in [6.45, 7) is 1.57. The molecule has 1 aliphatic carbocycles. The van der Waals surface area contributed by atoms with Crippen molar-refractivity contribution in [3.8, 4) is 5.75 Å². The highest BCUT2D eigenvalue weighted by molar-refractivity contribution is 6.30. The highest BCUT2D eigenvalue weighted by atomic mass is 35.5. The van der Waals surface area contributed by atoms with Crippen molar-refractivity contribution in [3.63, 3.8) is 0 Å². The van der Waals surface area contributed by atoms with Crippen LogP contribution in [0, 0.1) is 5.92 Å². The number of esters is 1. The van der Waals surface area contributed by atoms with Gasteiger partial charge in [-0.15, -0.1) is 0 Å². The molecule has 0 unspecified atom stereocenters. The van der Waals surface area contributed by atoms with Crippen molar-refractivity contribution >= 4 is 23.5 Å². The molecule has 1 aromatic carbocycles. The molecule has 0 aromatic heterocycles. The third kappa shape index (κ3) is 3.87. The fraction of sp³-hybridized carbons (Fsp3) is 0.429. The molecule has 108 valence electrons. The van der Waals surface area contributed by atoms with Gasteiger partial charge in [-0.1, -0.05) is 11.6 Å². The molecule has 0 heterocycles. The van der Waals surface area contributed by atoms with Gasteiger partial charge in [-0.25, -0.2) is 4.79 Å². The molecule has 20 heavy (non-hydrogen) atoms. The number of carbonyl (C=O) groups excluding carboxylic acids is 2. The molecule has 1 fully saturated rings. The van der Waals surface area contributed by atoms with Crippen molar-refractivity contribution in [3.05, 3.63) is 28.8 Å². The van der Waals surface area contributed by atoms with Crippen LogP contribution in [0.5, 0.6) is 5.75 Å². The first-order chi connectivity index (χ1) is 9.47. The number of ether oxygens (including phenoxy) is 1. The smallest absolute Gasteiger partial charge is 0.342 e. The zero-order valence-corrected chi connectivity index (χ0v) is 11.8. The van der Waals surface area contributed by atoms with E-state index in [1.165, 1.54) is 18.2 Å². The predicted octanol–water partition coefficient (Wildman–Crippen LogP) is 2.12. The molecule has 0 radical (unpaired) electrons. The van der Waals surface area contributed by atoms with E-state index in [1.54, 1.807) is 0 Å². The number of rotatable bonds is 5. The average molecular weight is 298 g/mol. The van der Waals surface area contributed by atoms with Gasteiger partial charge in [0.1, 0.15) is 11.3 Å². The van der Waals surface area contributed by atoms with Gasteiger partial charge in [-0.05, 0) is 43.9 Å². The van der Waals surface area contributed by atoms with Gasteiger partial charge < -0.3 is 15.2 Å². The van der Waals surface area contributed by atoms with Crippen molar-refractivity contribution in [1.82, 2.24) is 5.32 Å². The lowest BCUT2D eigenvalue weighted by molar-refractivity contribution is -0.125. The number of aromatic hydroxyl groups is 1. The van der Waals surface area contributed by atoms with Crippen LogP contribution in [0.1, 0.15) is 30.1 Å². The summed E-state index contributed by atoms with van der Waals surface area (Å²) in [5.74, 6) is -0.830. The van der Waals surface area contributed by atoms with Gasteiger partial charge in [0, 0.05) is 11.1 Å². The highest BCUT2D eigenvalue weighted by Gasteiger charge is 2.29. The summed E-state index contributed by atoms with van der Waals surface area (Å²) in [5.41, 5.74) is -0.0163. The van der Waals surface area contributed by atoms with E-state index >= 15 is 0 Å². The topological polar surface area (TPSA) is 75.6 Å². The number of benzene rings is 1. The lowest BCUT2D eigenvalue weighted by atomic mass is 10.2. The summed E-state index contributed by atoms with van der Waals surface area (Å²) in [4.78, 5) is 23.3. The molecule has 2 N–H and O–H groups in total. The highest BCUT2D eigenvalue weighted by Crippen LogP contribution is 2.32. The Morgan fingerprint density at radius 2 is 2.20 bits per heavy atom. The second kappa shape index (κ2) is 6.13. The Morgan fingerprint density at radius 3 is 2.80 bits per heavy atom. The van der Waals surface area contributed by atoms with Crippen LogP contribution in [0.3, 0.4) is 0 Å². The maximum Gasteiger partial charge on any atom is 0.342 e. The minimum atomic E-state index is -0.756. The van der Waals surface area contributed by atoms with Crippen molar-refractivity contribution in [2.45, 2.75) is 25.8 Å². The molecule has 0 spiro atoms. The Bertz CT molecular complexity index is 528. The lowest BCUT2D eigenvalue weighted by Gasteiger charge is -2.12. The number of phenolic OH excluding ortho intramolecular Hbond substituents is 1. The lowest BCUT2D eigenvalue weighted by Crippen LogP contribution is -2.37. The fourth-order valence-electron chi connectivity index (χ4n) is 1.90. The summed E-state index contributed by atoms with van der Waals surface area (Å²) in [6.07, 6.45) is 2.25. The molecular weight excluding hydrogens is 282 g/mol. The summed E-state index contributed by atoms with van der Waals surface area (Å²) in [5, 5.41) is 12.7. The second-order valence-electron chi connectivity index (χ2n) is 4.93. The molecule has 2 rings (SSSR count). The molecule has 1 atom stereocenters. The number of nitrogens with one attached hydrogen (secondary N) is 1. The van der Waals surface area contributed by atoms with Crippen LogP contribution in [-0.4, -0.2) is 29.6 Å². The number of hydrogen-bond donors (Lipinski definition) is 2. The maximum absolute atomic E-state index is 11.7. The normalized spacial score (nSPS) is 15.5. The van der Waals surface area contributed by atoms with Crippen LogP contribution >= 0.6 is 11.6 Å². The number of halogens is 1. The van der Waals surface area contributed by atoms with Crippen molar-refractivity contribution < 1.29 is 19.4 Å². The monoisotopic (exact) mass is 297 g/mol. The van der Waals surface area contributed by atoms with E-state index in [2.05, 4.69) is 5.32 Å². The first-order valence-electron chi connectivity index (χ1n) is 6.42. The van der Waals surface area contributed by atoms with Gasteiger partial charge in [-0.2, -0.15) is 0 Å². The number of hydrogen-bond acceptors (Lipinski definition) is 4. The summed E-state index contributed by atoms with van der Waals surface area (Å²) < 4.78 is 4.86. The molecule has 1 aromatic rings. The first-order valence-corrected chi connectivity index (χ1v) is 6.80. The van der Waals surface area contributed by atoms with Crippen molar-refractivity contribution in [1.29, 1.82) is 0 Å². The predicted molar refractivity (Wildman–Crippen MR) is 73.7 cm³/mol. The minimum Gasteiger partial charge on any atom is -0.507 e. The zero-order chi connectivity index (χ0) is 14.7. The van der Waals surface area contributed by atoms with Crippen LogP contribution in [0.15, 0.2) is 18.2 Å². The molecule has 6 heteroatoms. The van der Waals surface area contributed by atoms with Crippen LogP contribution in [0.2, 0.25) is 5.02 Å². The molecule has 5 nitrogen and oxygen atoms in total. The quantitative estimate of drug-likeness (QED) is 0.816. The summed E-state index contributed by atoms with van der Waals surface area (Å²) in [6, 6.07) is 4.16. The Morgan fingerprint density at radius 1 is 1.50 bits per heavy atom. The second-order valence-corrected chi connectivity index (χ2v) is 5.37. The van der Waals surface area contributed by atoms with E-state index in [1.807, 2.05) is 6.92 Å². The van der Waals surface area contributed by atoms with Gasteiger partial charge >= 0.3 is 5.97 Å². The van der Waals surface area contributed by atoms with E-state index in [-0.39, 0.29) is 29.9 Å². The van der Waals surface area contributed by atoms with E-state index in [4.69, 9.17) is 16.3 Å². The van der Waals surface area contributed by atoms with E-state index in [0.29, 0.717) is 10.9 Å². The van der Waals surface area contributed by atoms with Crippen LogP contribution in [0.4, 0.5) is 0 Å². The Kier molecular flexibility index (Phi) is 4.49. The third-order valence-electron chi connectivity index (χ3n) is 3.23. The number of amides is 1. The molecular formula is C14H16ClNO4. The van der Waals surface area contributed by atoms with Crippen LogP contribution < -0.4 is 5.32 Å². The van der Waals surface area contributed by atoms with Gasteiger partial charge in [0.25, 0.3) is 5.91 Å². The summed E-state index contributed by atoms with van der Waals surface area (Å²) in [7, 11) is 0. The largest absolute Gasteiger partial charge is 0.507 e. The number of phenols is 1. The molecule has 0 aliphatic heterocycles. The standard InChI is InChI=1S/C14H16ClNO4/c1-8(9-2-3-9)16-13(18)7-20-14(19)11-5-4-10(15)6-12(11)17/h4-6,8-9,17H,2-3,7H2,1H3,(H,16,18)/t8-/m0/s1. The average Bonchev–Trinajstić information content (AvgIpc) is 3.20. The molecule has 1 amide bonds. The van der Waals surface area contributed by atoms with Gasteiger partial charge in [0.2, 0.25) is 0 Å². The minimum absolute atomic E-state index is 0.0163. The van der Waals surface area contributed by atoms with Crippen LogP contribution in [-0.2, 0) is 9.53 Å². The third-order valence-corrected chi connectivity index (χ3v) is 3.47. The summed E-state index contributed by atoms with van der Waals surface area (Å²) >= 11 is 5.67. The van der Waals surface area contributed by atoms with Gasteiger partial charge in [0.15, 0.2) is 6.61 Å². The molecule has 0 saturated heterocycles. The fourth-order valence-corrected chi connectivity index (χ4v) is 2.06. The molecule has 1 saturated carbocycles. The molecule has 0 bridgehead atoms. The number of carbonyl (C=O) groups is 2. The van der Waals surface area contributed by atoms with E-state index in [9.17, 15) is 14.7 Å². The SMILES string of the molecule is C[C@H](NC(=O)COC(=O)c1ccc(Cl)cc1O)C1CC1. The van der Waals surface area contributed by atoms with E-state index < -0.39 is 5.97 Å². The van der Waals surface area contributed by atoms with Crippen molar-refractivity contribution in [2.75, 3.05) is 6.61 Å². The Hall–Kier alpha value is -1.75. The Balaban J connectivity index is 1.83. The maximum atomic E-state index is 11.7. The van der Waals surface area contributed by atoms with E-state index in [0.717, 1.165) is 12.8 Å². The first kappa shape index (κ1) is 14.7. The van der Waals surface area contributed by atoms with Gasteiger partial charge in [-0.3, -0.25) is 4.79 Å². The van der Waals surface area contributed by atoms with Crippen molar-refractivity contribution in [2.24, 2.45) is 5.92 Å².